The maximum Gasteiger partial charge on any atom is 0.312 e. The average molecular weight is 786 g/mol. The van der Waals surface area contributed by atoms with E-state index in [4.69, 9.17) is 32.8 Å². The predicted octanol–water partition coefficient (Wildman–Crippen LogP) is 1.28. The van der Waals surface area contributed by atoms with E-state index in [-0.39, 0.29) is 66.8 Å². The molecule has 5 rings (SSSR count). The Labute approximate surface area is 318 Å². The number of hydrogen-bond acceptors (Lipinski definition) is 18. The number of esters is 2. The second-order valence-corrected chi connectivity index (χ2v) is 12.8. The molecule has 302 valence electrons. The van der Waals surface area contributed by atoms with E-state index in [2.05, 4.69) is 10.3 Å². The van der Waals surface area contributed by atoms with Gasteiger partial charge in [-0.1, -0.05) is 22.0 Å². The summed E-state index contributed by atoms with van der Waals surface area (Å²) in [4.78, 5) is 39.1. The number of nitrogens with zero attached hydrogens (tertiary/aromatic N) is 3. The predicted molar refractivity (Wildman–Crippen MR) is 192 cm³/mol. The van der Waals surface area contributed by atoms with Crippen molar-refractivity contribution in [3.8, 4) is 40.2 Å². The summed E-state index contributed by atoms with van der Waals surface area (Å²) in [6.07, 6.45) is -4.62. The largest absolute Gasteiger partial charge is 0.507 e. The van der Waals surface area contributed by atoms with Gasteiger partial charge >= 0.3 is 11.9 Å². The Morgan fingerprint density at radius 2 is 1.66 bits per heavy atom. The summed E-state index contributed by atoms with van der Waals surface area (Å²) in [5.74, 6) is -2.72. The molecule has 6 N–H and O–H groups in total. The summed E-state index contributed by atoms with van der Waals surface area (Å²) in [7, 11) is 1.48. The van der Waals surface area contributed by atoms with Crippen molar-refractivity contribution in [2.24, 2.45) is 0 Å². The number of aliphatic hydroxyl groups excluding tert-OH is 4. The zero-order chi connectivity index (χ0) is 40.5. The molecule has 4 aromatic rings. The van der Waals surface area contributed by atoms with Crippen LogP contribution in [0.2, 0.25) is 0 Å². The molecule has 1 aliphatic rings. The van der Waals surface area contributed by atoms with E-state index >= 15 is 0 Å². The summed E-state index contributed by atoms with van der Waals surface area (Å²) in [5.41, 5.74) is 0.537. The number of hydrogen-bond donors (Lipinski definition) is 6. The summed E-state index contributed by atoms with van der Waals surface area (Å²) in [6, 6.07) is 7.36. The van der Waals surface area contributed by atoms with Gasteiger partial charge in [-0.2, -0.15) is 0 Å². The van der Waals surface area contributed by atoms with Crippen LogP contribution in [0, 0.1) is 0 Å². The second kappa shape index (κ2) is 18.8. The average Bonchev–Trinajstić information content (AvgIpc) is 3.65. The van der Waals surface area contributed by atoms with Gasteiger partial charge < -0.3 is 63.5 Å². The van der Waals surface area contributed by atoms with Crippen LogP contribution in [0.15, 0.2) is 57.4 Å². The minimum absolute atomic E-state index is 0.00411. The fourth-order valence-corrected chi connectivity index (χ4v) is 5.61. The molecule has 0 radical (unpaired) electrons. The first kappa shape index (κ1) is 41.6. The molecule has 0 spiro atoms. The molecule has 1 fully saturated rings. The number of fused-ring (bicyclic) bond motifs is 1. The van der Waals surface area contributed by atoms with Crippen LogP contribution < -0.4 is 19.6 Å². The summed E-state index contributed by atoms with van der Waals surface area (Å²) in [5, 5.41) is 68.1. The van der Waals surface area contributed by atoms with Crippen molar-refractivity contribution in [2.45, 2.75) is 63.8 Å². The number of benzene rings is 2. The monoisotopic (exact) mass is 785 g/mol. The number of aromatic nitrogens is 3. The van der Waals surface area contributed by atoms with Crippen molar-refractivity contribution < 1.29 is 73.1 Å². The fourth-order valence-electron chi connectivity index (χ4n) is 5.61. The fraction of sp³-hybridized carbons (Fsp3) is 0.432. The minimum Gasteiger partial charge on any atom is -0.507 e. The maximum absolute atomic E-state index is 13.8. The summed E-state index contributed by atoms with van der Waals surface area (Å²) in [6.45, 7) is 2.99. The molecular formula is C37H43N3O16. The molecule has 56 heavy (non-hydrogen) atoms. The van der Waals surface area contributed by atoms with Gasteiger partial charge in [0.15, 0.2) is 12.0 Å². The molecule has 1 aliphatic heterocycles. The van der Waals surface area contributed by atoms with E-state index in [9.17, 15) is 45.0 Å². The SMILES string of the molecule is COc1ccc(-c2oc3c(CC=C(C)C)c(O)cc(O)c3c(=O)c2OC(=O)CCC(=O)OCCOCCOc2cn(C3O[C@H](CO)[C@@H](O)[C@H](O)[C@H]3O)nn2)cc1. The zero-order valence-corrected chi connectivity index (χ0v) is 30.7. The number of phenolic OH excluding ortho intramolecular Hbond substituents is 2. The van der Waals surface area contributed by atoms with Crippen molar-refractivity contribution in [1.82, 2.24) is 15.0 Å². The highest BCUT2D eigenvalue weighted by molar-refractivity contribution is 5.92. The van der Waals surface area contributed by atoms with E-state index < -0.39 is 79.0 Å². The molecule has 5 atom stereocenters. The lowest BCUT2D eigenvalue weighted by atomic mass is 9.98. The Morgan fingerprint density at radius 1 is 0.946 bits per heavy atom. The van der Waals surface area contributed by atoms with Crippen LogP contribution in [0.4, 0.5) is 0 Å². The summed E-state index contributed by atoms with van der Waals surface area (Å²) < 4.78 is 39.2. The third-order valence-electron chi connectivity index (χ3n) is 8.58. The Kier molecular flexibility index (Phi) is 14.0. The van der Waals surface area contributed by atoms with Crippen LogP contribution in [0.25, 0.3) is 22.3 Å². The topological polar surface area (TPSA) is 272 Å². The van der Waals surface area contributed by atoms with Gasteiger partial charge in [0.05, 0.1) is 46.0 Å². The Morgan fingerprint density at radius 3 is 2.36 bits per heavy atom. The van der Waals surface area contributed by atoms with Gasteiger partial charge in [-0.3, -0.25) is 14.4 Å². The molecule has 19 heteroatoms. The highest BCUT2D eigenvalue weighted by Gasteiger charge is 2.44. The van der Waals surface area contributed by atoms with Gasteiger partial charge in [-0.05, 0) is 44.5 Å². The number of aliphatic hydroxyl groups is 4. The number of allylic oxidation sites excluding steroid dienone is 2. The van der Waals surface area contributed by atoms with Crippen molar-refractivity contribution in [3.63, 3.8) is 0 Å². The lowest BCUT2D eigenvalue weighted by molar-refractivity contribution is -0.254. The number of carbonyl (C=O) groups excluding carboxylic acids is 2. The quantitative estimate of drug-likeness (QED) is 0.0500. The smallest absolute Gasteiger partial charge is 0.312 e. The van der Waals surface area contributed by atoms with E-state index in [1.165, 1.54) is 13.3 Å². The first-order valence-electron chi connectivity index (χ1n) is 17.4. The number of ether oxygens (including phenoxy) is 6. The molecular weight excluding hydrogens is 742 g/mol. The molecule has 0 saturated carbocycles. The second-order valence-electron chi connectivity index (χ2n) is 12.8. The standard InChI is InChI=1S/C37H43N3O16/c1-19(2)4-9-22-23(42)16-24(43)29-31(47)36(34(56-35(22)29)20-5-7-21(50-3)8-6-20)55-28(45)11-10-27(44)53-15-13-51-12-14-52-26-17-40(39-38-26)37-33(49)32(48)30(46)25(18-41)54-37/h4-8,16-17,25,30,32-33,37,41-43,46,48-49H,9-15,18H2,1-3H3/t25-,30-,32+,33-,37?/m1/s1. The van der Waals surface area contributed by atoms with Crippen LogP contribution in [-0.4, -0.2) is 122 Å². The van der Waals surface area contributed by atoms with Crippen LogP contribution in [0.1, 0.15) is 38.5 Å². The molecule has 19 nitrogen and oxygen atoms in total. The molecule has 0 amide bonds. The number of aromatic hydroxyl groups is 2. The summed E-state index contributed by atoms with van der Waals surface area (Å²) >= 11 is 0. The number of methoxy groups -OCH3 is 1. The first-order valence-corrected chi connectivity index (χ1v) is 17.4. The number of carbonyl (C=O) groups is 2. The molecule has 3 heterocycles. The van der Waals surface area contributed by atoms with Crippen molar-refractivity contribution in [3.05, 3.63) is 64.0 Å². The van der Waals surface area contributed by atoms with Crippen LogP contribution >= 0.6 is 0 Å². The first-order chi connectivity index (χ1) is 26.8. The highest BCUT2D eigenvalue weighted by Crippen LogP contribution is 2.39. The molecule has 0 aliphatic carbocycles. The molecule has 1 unspecified atom stereocenters. The molecule has 0 bridgehead atoms. The van der Waals surface area contributed by atoms with Gasteiger partial charge in [-0.25, -0.2) is 4.68 Å². The van der Waals surface area contributed by atoms with Crippen LogP contribution in [0.5, 0.6) is 28.9 Å². The molecule has 2 aromatic heterocycles. The van der Waals surface area contributed by atoms with Gasteiger partial charge in [0.2, 0.25) is 11.2 Å². The van der Waals surface area contributed by atoms with Crippen molar-refractivity contribution in [2.75, 3.05) is 40.1 Å². The number of rotatable bonds is 17. The van der Waals surface area contributed by atoms with Gasteiger partial charge in [0, 0.05) is 17.2 Å². The van der Waals surface area contributed by atoms with Crippen molar-refractivity contribution in [1.29, 1.82) is 0 Å². The molecule has 1 saturated heterocycles. The van der Waals surface area contributed by atoms with Crippen LogP contribution in [0.3, 0.4) is 0 Å². The van der Waals surface area contributed by atoms with E-state index in [0.29, 0.717) is 11.3 Å². The van der Waals surface area contributed by atoms with E-state index in [0.717, 1.165) is 16.3 Å². The highest BCUT2D eigenvalue weighted by atomic mass is 16.6. The maximum atomic E-state index is 13.8. The Bertz CT molecular complexity index is 2070. The lowest BCUT2D eigenvalue weighted by Gasteiger charge is -2.39. The third-order valence-corrected chi connectivity index (χ3v) is 8.58. The van der Waals surface area contributed by atoms with Gasteiger partial charge in [0.1, 0.15) is 65.8 Å². The van der Waals surface area contributed by atoms with Crippen LogP contribution in [-0.2, 0) is 30.2 Å². The third kappa shape index (κ3) is 9.80. The van der Waals surface area contributed by atoms with Crippen molar-refractivity contribution >= 4 is 22.9 Å². The lowest BCUT2D eigenvalue weighted by Crippen LogP contribution is -2.56. The number of phenols is 2. The van der Waals surface area contributed by atoms with Gasteiger partial charge in [-0.15, -0.1) is 0 Å². The van der Waals surface area contributed by atoms with E-state index in [1.54, 1.807) is 24.3 Å². The minimum atomic E-state index is -1.59. The zero-order valence-electron chi connectivity index (χ0n) is 30.7. The van der Waals surface area contributed by atoms with E-state index in [1.807, 2.05) is 19.9 Å². The normalized spacial score (nSPS) is 19.4. The molecule has 2 aromatic carbocycles. The Balaban J connectivity index is 1.12. The van der Waals surface area contributed by atoms with Gasteiger partial charge in [0.25, 0.3) is 5.88 Å². The Hall–Kier alpha value is -5.57.